The lowest BCUT2D eigenvalue weighted by atomic mass is 9.95. The fraction of sp³-hybridized carbons (Fsp3) is 0.423. The standard InChI is InChI=1S/C26H33FN4O5/c1-28-10-4-5-20-25(34)31(3)22(26(35)36)14-17-11-15(6-8-19(17)27)16-7-9-23(32)18(12-16)13-21(29-2)24(33)30-20/h6-9,11-12,20-22,28-29,32H,4-5,10,13-14H2,1-3H3,(H,30,33)(H,35,36)/t20-,21-,22-/m0/s1. The summed E-state index contributed by atoms with van der Waals surface area (Å²) in [4.78, 5) is 39.8. The van der Waals surface area contributed by atoms with Gasteiger partial charge >= 0.3 is 5.97 Å². The summed E-state index contributed by atoms with van der Waals surface area (Å²) in [5, 5.41) is 29.1. The number of benzene rings is 2. The number of amides is 2. The van der Waals surface area contributed by atoms with Crippen molar-refractivity contribution in [3.05, 3.63) is 53.3 Å². The van der Waals surface area contributed by atoms with Gasteiger partial charge in [-0.2, -0.15) is 0 Å². The number of hydrogen-bond donors (Lipinski definition) is 5. The van der Waals surface area contributed by atoms with E-state index in [0.29, 0.717) is 29.7 Å². The van der Waals surface area contributed by atoms with Crippen molar-refractivity contribution < 1.29 is 29.0 Å². The molecule has 194 valence electrons. The van der Waals surface area contributed by atoms with Gasteiger partial charge in [-0.3, -0.25) is 9.59 Å². The Balaban J connectivity index is 2.13. The fourth-order valence-electron chi connectivity index (χ4n) is 4.40. The minimum atomic E-state index is -1.34. The second kappa shape index (κ2) is 12.0. The topological polar surface area (TPSA) is 131 Å². The van der Waals surface area contributed by atoms with E-state index in [2.05, 4.69) is 16.0 Å². The number of rotatable bonds is 6. The van der Waals surface area contributed by atoms with Gasteiger partial charge in [0.1, 0.15) is 23.7 Å². The number of nitrogens with one attached hydrogen (secondary N) is 3. The minimum Gasteiger partial charge on any atom is -0.508 e. The molecule has 1 aliphatic heterocycles. The Hall–Kier alpha value is -3.50. The predicted molar refractivity (Wildman–Crippen MR) is 133 cm³/mol. The number of likely N-dealkylation sites (N-methyl/N-ethyl adjacent to an activating group) is 2. The Morgan fingerprint density at radius 3 is 2.42 bits per heavy atom. The molecule has 36 heavy (non-hydrogen) atoms. The third-order valence-corrected chi connectivity index (χ3v) is 6.60. The van der Waals surface area contributed by atoms with Crippen LogP contribution in [-0.4, -0.2) is 78.7 Å². The summed E-state index contributed by atoms with van der Waals surface area (Å²) < 4.78 is 14.8. The lowest BCUT2D eigenvalue weighted by molar-refractivity contribution is -0.150. The fourth-order valence-corrected chi connectivity index (χ4v) is 4.40. The number of carbonyl (C=O) groups excluding carboxylic acids is 2. The average molecular weight is 501 g/mol. The molecule has 4 bridgehead atoms. The van der Waals surface area contributed by atoms with Crippen LogP contribution in [0.1, 0.15) is 24.0 Å². The molecule has 2 amide bonds. The van der Waals surface area contributed by atoms with Crippen LogP contribution in [0.2, 0.25) is 0 Å². The average Bonchev–Trinajstić information content (AvgIpc) is 2.85. The summed E-state index contributed by atoms with van der Waals surface area (Å²) in [7, 11) is 4.73. The van der Waals surface area contributed by atoms with E-state index in [4.69, 9.17) is 0 Å². The predicted octanol–water partition coefficient (Wildman–Crippen LogP) is 1.28. The molecule has 10 heteroatoms. The third-order valence-electron chi connectivity index (χ3n) is 6.60. The summed E-state index contributed by atoms with van der Waals surface area (Å²) in [6, 6.07) is 6.21. The van der Waals surface area contributed by atoms with Crippen LogP contribution in [0, 0.1) is 5.82 Å². The molecule has 0 aliphatic carbocycles. The van der Waals surface area contributed by atoms with Crippen LogP contribution in [0.3, 0.4) is 0 Å². The van der Waals surface area contributed by atoms with Gasteiger partial charge in [0.05, 0.1) is 6.04 Å². The summed E-state index contributed by atoms with van der Waals surface area (Å²) >= 11 is 0. The van der Waals surface area contributed by atoms with Crippen LogP contribution in [0.4, 0.5) is 4.39 Å². The SMILES string of the molecule is CNCCC[C@@H]1NC(=O)[C@@H](NC)Cc2cc(ccc2O)-c2ccc(F)c(c2)C[C@@H](C(=O)O)N(C)C1=O. The highest BCUT2D eigenvalue weighted by atomic mass is 19.1. The number of carbonyl (C=O) groups is 3. The molecule has 0 saturated heterocycles. The third kappa shape index (κ3) is 6.19. The summed E-state index contributed by atoms with van der Waals surface area (Å²) in [6.45, 7) is 0.597. The molecule has 3 atom stereocenters. The summed E-state index contributed by atoms with van der Waals surface area (Å²) in [5.41, 5.74) is 1.95. The molecule has 2 aromatic carbocycles. The molecule has 0 unspecified atom stereocenters. The van der Waals surface area contributed by atoms with Crippen molar-refractivity contribution >= 4 is 17.8 Å². The van der Waals surface area contributed by atoms with Crippen molar-refractivity contribution in [3.63, 3.8) is 0 Å². The maximum Gasteiger partial charge on any atom is 0.326 e. The Morgan fingerprint density at radius 1 is 1.11 bits per heavy atom. The molecule has 9 nitrogen and oxygen atoms in total. The highest BCUT2D eigenvalue weighted by Crippen LogP contribution is 2.29. The zero-order valence-electron chi connectivity index (χ0n) is 20.7. The molecular weight excluding hydrogens is 467 g/mol. The number of halogens is 1. The van der Waals surface area contributed by atoms with Crippen LogP contribution in [0.15, 0.2) is 36.4 Å². The van der Waals surface area contributed by atoms with Gasteiger partial charge in [0.25, 0.3) is 0 Å². The van der Waals surface area contributed by atoms with Crippen LogP contribution >= 0.6 is 0 Å². The van der Waals surface area contributed by atoms with Gasteiger partial charge in [-0.25, -0.2) is 9.18 Å². The van der Waals surface area contributed by atoms with Gasteiger partial charge in [-0.1, -0.05) is 12.1 Å². The number of carboxylic acid groups (broad SMARTS) is 1. The van der Waals surface area contributed by atoms with Gasteiger partial charge in [0.15, 0.2) is 0 Å². The highest BCUT2D eigenvalue weighted by molar-refractivity contribution is 5.92. The first-order chi connectivity index (χ1) is 17.2. The van der Waals surface area contributed by atoms with Gasteiger partial charge in [0, 0.05) is 19.9 Å². The monoisotopic (exact) mass is 500 g/mol. The summed E-state index contributed by atoms with van der Waals surface area (Å²) in [5.74, 6) is -2.88. The van der Waals surface area contributed by atoms with E-state index in [1.165, 1.54) is 19.2 Å². The maximum atomic E-state index is 14.8. The number of carboxylic acids is 1. The van der Waals surface area contributed by atoms with Crippen molar-refractivity contribution in [2.45, 2.75) is 43.8 Å². The molecule has 2 aromatic rings. The number of phenolic OH excluding ortho intramolecular Hbond substituents is 1. The van der Waals surface area contributed by atoms with Crippen molar-refractivity contribution in [1.29, 1.82) is 0 Å². The first-order valence-corrected chi connectivity index (χ1v) is 11.9. The largest absolute Gasteiger partial charge is 0.508 e. The van der Waals surface area contributed by atoms with E-state index in [9.17, 15) is 29.0 Å². The van der Waals surface area contributed by atoms with Gasteiger partial charge in [-0.15, -0.1) is 0 Å². The van der Waals surface area contributed by atoms with Crippen LogP contribution in [0.25, 0.3) is 11.1 Å². The molecule has 1 aliphatic rings. The van der Waals surface area contributed by atoms with Gasteiger partial charge in [-0.05, 0) is 80.0 Å². The van der Waals surface area contributed by atoms with E-state index >= 15 is 0 Å². The number of phenols is 1. The van der Waals surface area contributed by atoms with Crippen LogP contribution in [-0.2, 0) is 27.2 Å². The number of aliphatic carboxylic acids is 1. The Kier molecular flexibility index (Phi) is 9.00. The lowest BCUT2D eigenvalue weighted by Crippen LogP contribution is -2.56. The minimum absolute atomic E-state index is 0.00535. The lowest BCUT2D eigenvalue weighted by Gasteiger charge is -2.30. The van der Waals surface area contributed by atoms with Crippen molar-refractivity contribution in [1.82, 2.24) is 20.9 Å². The van der Waals surface area contributed by atoms with Crippen LogP contribution in [0.5, 0.6) is 5.75 Å². The van der Waals surface area contributed by atoms with Gasteiger partial charge in [0.2, 0.25) is 11.8 Å². The van der Waals surface area contributed by atoms with E-state index in [0.717, 1.165) is 4.90 Å². The Labute approximate surface area is 209 Å². The second-order valence-corrected chi connectivity index (χ2v) is 9.01. The van der Waals surface area contributed by atoms with Crippen molar-refractivity contribution in [2.24, 2.45) is 0 Å². The molecule has 3 rings (SSSR count). The van der Waals surface area contributed by atoms with E-state index < -0.39 is 41.7 Å². The van der Waals surface area contributed by atoms with E-state index in [1.54, 1.807) is 38.4 Å². The number of fused-ring (bicyclic) bond motifs is 5. The second-order valence-electron chi connectivity index (χ2n) is 9.01. The molecule has 5 N–H and O–H groups in total. The molecule has 0 fully saturated rings. The first-order valence-electron chi connectivity index (χ1n) is 11.9. The van der Waals surface area contributed by atoms with E-state index in [1.807, 2.05) is 0 Å². The molecule has 0 spiro atoms. The molecule has 0 aromatic heterocycles. The molecule has 1 heterocycles. The maximum absolute atomic E-state index is 14.8. The normalized spacial score (nSPS) is 20.9. The summed E-state index contributed by atoms with van der Waals surface area (Å²) in [6.07, 6.45) is 0.727. The van der Waals surface area contributed by atoms with Crippen LogP contribution < -0.4 is 16.0 Å². The van der Waals surface area contributed by atoms with E-state index in [-0.39, 0.29) is 30.6 Å². The Bertz CT molecular complexity index is 1130. The molecule has 0 radical (unpaired) electrons. The number of nitrogens with zero attached hydrogens (tertiary/aromatic N) is 1. The first kappa shape index (κ1) is 27.1. The number of aromatic hydroxyl groups is 1. The quantitative estimate of drug-likeness (QED) is 0.378. The zero-order chi connectivity index (χ0) is 26.4. The highest BCUT2D eigenvalue weighted by Gasteiger charge is 2.34. The Morgan fingerprint density at radius 2 is 1.78 bits per heavy atom. The van der Waals surface area contributed by atoms with Gasteiger partial charge < -0.3 is 31.1 Å². The number of hydrogen-bond acceptors (Lipinski definition) is 6. The zero-order valence-corrected chi connectivity index (χ0v) is 20.7. The smallest absolute Gasteiger partial charge is 0.326 e. The van der Waals surface area contributed by atoms with Crippen molar-refractivity contribution in [2.75, 3.05) is 27.7 Å². The molecule has 0 saturated carbocycles. The van der Waals surface area contributed by atoms with Crippen molar-refractivity contribution in [3.8, 4) is 16.9 Å². The molecular formula is C26H33FN4O5.